The zero-order valence-corrected chi connectivity index (χ0v) is 13.1. The number of amides is 1. The van der Waals surface area contributed by atoms with Crippen molar-refractivity contribution in [2.45, 2.75) is 57.7 Å². The van der Waals surface area contributed by atoms with Gasteiger partial charge in [-0.2, -0.15) is 0 Å². The van der Waals surface area contributed by atoms with Gasteiger partial charge in [-0.15, -0.1) is 0 Å². The number of carbonyl (C=O) groups excluding carboxylic acids is 1. The Morgan fingerprint density at radius 1 is 1.38 bits per heavy atom. The topological polar surface area (TPSA) is 58.4 Å². The third kappa shape index (κ3) is 4.21. The van der Waals surface area contributed by atoms with E-state index in [-0.39, 0.29) is 11.9 Å². The number of hydrogen-bond donors (Lipinski definition) is 2. The first-order valence-electron chi connectivity index (χ1n) is 7.94. The molecule has 2 rings (SSSR count). The van der Waals surface area contributed by atoms with Gasteiger partial charge in [0.05, 0.1) is 0 Å². The highest BCUT2D eigenvalue weighted by atomic mass is 16.2. The quantitative estimate of drug-likeness (QED) is 0.875. The summed E-state index contributed by atoms with van der Waals surface area (Å²) in [6.45, 7) is 2.47. The maximum atomic E-state index is 12.4. The van der Waals surface area contributed by atoms with Crippen molar-refractivity contribution in [2.24, 2.45) is 5.73 Å². The second-order valence-electron chi connectivity index (χ2n) is 6.00. The summed E-state index contributed by atoms with van der Waals surface area (Å²) in [5.74, 6) is 0.113. The van der Waals surface area contributed by atoms with Gasteiger partial charge in [0.1, 0.15) is 6.04 Å². The first-order chi connectivity index (χ1) is 10.1. The lowest BCUT2D eigenvalue weighted by Crippen LogP contribution is -2.47. The van der Waals surface area contributed by atoms with E-state index >= 15 is 0 Å². The summed E-state index contributed by atoms with van der Waals surface area (Å²) in [4.78, 5) is 14.4. The van der Waals surface area contributed by atoms with Crippen LogP contribution < -0.4 is 16.0 Å². The Morgan fingerprint density at radius 3 is 2.76 bits per heavy atom. The molecule has 1 aromatic rings. The van der Waals surface area contributed by atoms with E-state index in [0.717, 1.165) is 24.1 Å². The first-order valence-corrected chi connectivity index (χ1v) is 7.94. The largest absolute Gasteiger partial charge is 0.363 e. The predicted molar refractivity (Wildman–Crippen MR) is 87.2 cm³/mol. The highest BCUT2D eigenvalue weighted by Gasteiger charge is 2.22. The van der Waals surface area contributed by atoms with Crippen LogP contribution in [0.4, 0.5) is 5.69 Å². The van der Waals surface area contributed by atoms with Crippen LogP contribution in [-0.4, -0.2) is 25.0 Å². The fourth-order valence-corrected chi connectivity index (χ4v) is 2.87. The summed E-state index contributed by atoms with van der Waals surface area (Å²) in [5.41, 5.74) is 7.79. The number of nitrogens with two attached hydrogens (primary N) is 1. The Labute approximate surface area is 127 Å². The molecule has 3 N–H and O–H groups in total. The van der Waals surface area contributed by atoms with Crippen molar-refractivity contribution in [1.29, 1.82) is 0 Å². The van der Waals surface area contributed by atoms with Crippen molar-refractivity contribution < 1.29 is 4.79 Å². The van der Waals surface area contributed by atoms with Crippen LogP contribution in [0.15, 0.2) is 24.3 Å². The summed E-state index contributed by atoms with van der Waals surface area (Å²) in [7, 11) is 1.96. The smallest absolute Gasteiger partial charge is 0.242 e. The highest BCUT2D eigenvalue weighted by molar-refractivity contribution is 5.85. The number of anilines is 1. The van der Waals surface area contributed by atoms with Crippen LogP contribution in [0.2, 0.25) is 0 Å². The van der Waals surface area contributed by atoms with Crippen molar-refractivity contribution in [2.75, 3.05) is 11.9 Å². The summed E-state index contributed by atoms with van der Waals surface area (Å²) in [6, 6.07) is 8.23. The second-order valence-corrected chi connectivity index (χ2v) is 6.00. The van der Waals surface area contributed by atoms with Crippen molar-refractivity contribution in [1.82, 2.24) is 5.32 Å². The third-order valence-corrected chi connectivity index (χ3v) is 4.47. The molecule has 0 bridgehead atoms. The molecule has 21 heavy (non-hydrogen) atoms. The van der Waals surface area contributed by atoms with Crippen molar-refractivity contribution in [3.63, 3.8) is 0 Å². The molecule has 0 heterocycles. The average Bonchev–Trinajstić information content (AvgIpc) is 2.54. The monoisotopic (exact) mass is 289 g/mol. The molecule has 4 heteroatoms. The van der Waals surface area contributed by atoms with Gasteiger partial charge in [0.15, 0.2) is 0 Å². The maximum Gasteiger partial charge on any atom is 0.242 e. The molecule has 116 valence electrons. The van der Waals surface area contributed by atoms with E-state index in [9.17, 15) is 4.79 Å². The zero-order valence-electron chi connectivity index (χ0n) is 13.1. The van der Waals surface area contributed by atoms with Crippen LogP contribution in [0.5, 0.6) is 0 Å². The van der Waals surface area contributed by atoms with Gasteiger partial charge in [-0.3, -0.25) is 4.79 Å². The van der Waals surface area contributed by atoms with Gasteiger partial charge < -0.3 is 16.0 Å². The van der Waals surface area contributed by atoms with Crippen molar-refractivity contribution in [3.05, 3.63) is 29.8 Å². The molecular formula is C17H27N3O. The van der Waals surface area contributed by atoms with E-state index < -0.39 is 0 Å². The molecule has 1 fully saturated rings. The van der Waals surface area contributed by atoms with Gasteiger partial charge in [0.2, 0.25) is 5.91 Å². The standard InChI is InChI=1S/C17H27N3O/c1-13(17(21)19-15-8-4-3-5-9-15)20(2)16-10-6-7-14(11-16)12-18/h6-7,10-11,13,15H,3-5,8-9,12,18H2,1-2H3,(H,19,21). The van der Waals surface area contributed by atoms with Gasteiger partial charge in [0.25, 0.3) is 0 Å². The van der Waals surface area contributed by atoms with Crippen molar-refractivity contribution in [3.8, 4) is 0 Å². The minimum Gasteiger partial charge on any atom is -0.363 e. The van der Waals surface area contributed by atoms with E-state index in [1.807, 2.05) is 43.1 Å². The summed E-state index contributed by atoms with van der Waals surface area (Å²) in [5, 5.41) is 3.19. The molecular weight excluding hydrogens is 262 g/mol. The van der Waals surface area contributed by atoms with Gasteiger partial charge >= 0.3 is 0 Å². The van der Waals surface area contributed by atoms with Crippen LogP contribution in [0.1, 0.15) is 44.6 Å². The Kier molecular flexibility index (Phi) is 5.62. The average molecular weight is 289 g/mol. The molecule has 1 aromatic carbocycles. The molecule has 1 saturated carbocycles. The molecule has 0 radical (unpaired) electrons. The summed E-state index contributed by atoms with van der Waals surface area (Å²) < 4.78 is 0. The van der Waals surface area contributed by atoms with Gasteiger partial charge in [-0.25, -0.2) is 0 Å². The maximum absolute atomic E-state index is 12.4. The number of benzene rings is 1. The molecule has 1 aliphatic rings. The fraction of sp³-hybridized carbons (Fsp3) is 0.588. The van der Waals surface area contributed by atoms with Crippen LogP contribution in [-0.2, 0) is 11.3 Å². The zero-order chi connectivity index (χ0) is 15.2. The number of hydrogen-bond acceptors (Lipinski definition) is 3. The Morgan fingerprint density at radius 2 is 2.10 bits per heavy atom. The Bertz CT molecular complexity index is 469. The van der Waals surface area contributed by atoms with Crippen LogP contribution in [0, 0.1) is 0 Å². The number of rotatable bonds is 5. The number of nitrogens with zero attached hydrogens (tertiary/aromatic N) is 1. The SMILES string of the molecule is CC(C(=O)NC1CCCCC1)N(C)c1cccc(CN)c1. The molecule has 0 saturated heterocycles. The lowest BCUT2D eigenvalue weighted by Gasteiger charge is -2.29. The summed E-state index contributed by atoms with van der Waals surface area (Å²) in [6.07, 6.45) is 5.99. The minimum atomic E-state index is -0.181. The number of carbonyl (C=O) groups is 1. The molecule has 1 aliphatic carbocycles. The van der Waals surface area contributed by atoms with E-state index in [0.29, 0.717) is 12.6 Å². The normalized spacial score (nSPS) is 17.3. The number of nitrogens with one attached hydrogen (secondary N) is 1. The predicted octanol–water partition coefficient (Wildman–Crippen LogP) is 2.42. The summed E-state index contributed by atoms with van der Waals surface area (Å²) >= 11 is 0. The molecule has 1 atom stereocenters. The van der Waals surface area contributed by atoms with Crippen molar-refractivity contribution >= 4 is 11.6 Å². The van der Waals surface area contributed by atoms with Gasteiger partial charge in [-0.1, -0.05) is 31.4 Å². The fourth-order valence-electron chi connectivity index (χ4n) is 2.87. The lowest BCUT2D eigenvalue weighted by atomic mass is 9.95. The van der Waals surface area contributed by atoms with Crippen LogP contribution >= 0.6 is 0 Å². The van der Waals surface area contributed by atoms with E-state index in [1.54, 1.807) is 0 Å². The molecule has 0 aliphatic heterocycles. The Hall–Kier alpha value is -1.55. The Balaban J connectivity index is 1.96. The molecule has 4 nitrogen and oxygen atoms in total. The number of likely N-dealkylation sites (N-methyl/N-ethyl adjacent to an activating group) is 1. The minimum absolute atomic E-state index is 0.113. The molecule has 0 spiro atoms. The second kappa shape index (κ2) is 7.46. The van der Waals surface area contributed by atoms with Crippen LogP contribution in [0.3, 0.4) is 0 Å². The van der Waals surface area contributed by atoms with Crippen LogP contribution in [0.25, 0.3) is 0 Å². The first kappa shape index (κ1) is 15.8. The molecule has 1 unspecified atom stereocenters. The van der Waals surface area contributed by atoms with Gasteiger partial charge in [0, 0.05) is 25.3 Å². The highest BCUT2D eigenvalue weighted by Crippen LogP contribution is 2.19. The van der Waals surface area contributed by atoms with E-state index in [1.165, 1.54) is 19.3 Å². The van der Waals surface area contributed by atoms with Gasteiger partial charge in [-0.05, 0) is 37.5 Å². The molecule has 1 amide bonds. The third-order valence-electron chi connectivity index (χ3n) is 4.47. The van der Waals surface area contributed by atoms with E-state index in [2.05, 4.69) is 5.32 Å². The van der Waals surface area contributed by atoms with E-state index in [4.69, 9.17) is 5.73 Å². The lowest BCUT2D eigenvalue weighted by molar-refractivity contribution is -0.122. The molecule has 0 aromatic heterocycles.